The van der Waals surface area contributed by atoms with Crippen LogP contribution in [0.25, 0.3) is 0 Å². The molecule has 0 aromatic rings. The highest BCUT2D eigenvalue weighted by atomic mass is 32.1. The summed E-state index contributed by atoms with van der Waals surface area (Å²) in [5.41, 5.74) is 0. The molecule has 0 radical (unpaired) electrons. The van der Waals surface area contributed by atoms with Crippen LogP contribution in [-0.4, -0.2) is 27.2 Å². The number of nitrogens with one attached hydrogen (secondary N) is 2. The highest BCUT2D eigenvalue weighted by molar-refractivity contribution is 7.59. The van der Waals surface area contributed by atoms with Gasteiger partial charge in [-0.25, -0.2) is 0 Å². The molecule has 3 heteroatoms. The molecule has 0 rings (SSSR count). The minimum absolute atomic E-state index is 0. The predicted molar refractivity (Wildman–Crippen MR) is 40.3 cm³/mol. The lowest BCUT2D eigenvalue weighted by atomic mass is 10.6. The maximum atomic E-state index is 3.01. The third-order valence-electron chi connectivity index (χ3n) is 0.625. The van der Waals surface area contributed by atoms with E-state index >= 15 is 0 Å². The highest BCUT2D eigenvalue weighted by Gasteiger charge is 1.70. The van der Waals surface area contributed by atoms with E-state index in [1.807, 2.05) is 14.1 Å². The van der Waals surface area contributed by atoms with Crippen molar-refractivity contribution in [1.82, 2.24) is 10.6 Å². The molecule has 0 bridgehead atoms. The van der Waals surface area contributed by atoms with Gasteiger partial charge in [-0.15, -0.1) is 0 Å². The lowest BCUT2D eigenvalue weighted by Crippen LogP contribution is -2.21. The van der Waals surface area contributed by atoms with Gasteiger partial charge in [0.25, 0.3) is 0 Å². The molecule has 2 nitrogen and oxygen atoms in total. The van der Waals surface area contributed by atoms with Gasteiger partial charge in [0, 0.05) is 14.5 Å². The van der Waals surface area contributed by atoms with Gasteiger partial charge in [0.1, 0.15) is 0 Å². The molecule has 0 saturated heterocycles. The van der Waals surface area contributed by atoms with Crippen molar-refractivity contribution in [1.29, 1.82) is 0 Å². The molecule has 0 aromatic heterocycles. The van der Waals surface area contributed by atoms with Gasteiger partial charge < -0.3 is 10.6 Å². The molecule has 7 heavy (non-hydrogen) atoms. The Hall–Kier alpha value is 0.270. The van der Waals surface area contributed by atoms with Crippen molar-refractivity contribution in [3.63, 3.8) is 0 Å². The van der Waals surface area contributed by atoms with E-state index < -0.39 is 0 Å². The van der Waals surface area contributed by atoms with Crippen molar-refractivity contribution in [2.75, 3.05) is 27.2 Å². The van der Waals surface area contributed by atoms with Crippen LogP contribution in [0.15, 0.2) is 0 Å². The summed E-state index contributed by atoms with van der Waals surface area (Å²) < 4.78 is 0. The Bertz CT molecular complexity index is 26.0. The van der Waals surface area contributed by atoms with Crippen LogP contribution in [0.1, 0.15) is 1.43 Å². The lowest BCUT2D eigenvalue weighted by molar-refractivity contribution is 0.718. The quantitative estimate of drug-likeness (QED) is 0.508. The van der Waals surface area contributed by atoms with Crippen LogP contribution in [0.3, 0.4) is 0 Å². The molecule has 0 fully saturated rings. The highest BCUT2D eigenvalue weighted by Crippen LogP contribution is 1.45. The Balaban J connectivity index is -0.000000125. The van der Waals surface area contributed by atoms with Gasteiger partial charge in [-0.2, -0.15) is 13.5 Å². The largest absolute Gasteiger partial charge is 0.318 e. The maximum absolute atomic E-state index is 3.01. The Morgan fingerprint density at radius 2 is 1.43 bits per heavy atom. The standard InChI is InChI=1S/C4H12N2.H2S.H2/c1-5-3-4-6-2;;/h5-6H,3-4H2,1-2H3;1H2;1H. The van der Waals surface area contributed by atoms with Gasteiger partial charge in [0.2, 0.25) is 0 Å². The molecule has 0 aliphatic heterocycles. The number of hydrogen-bond donors (Lipinski definition) is 2. The van der Waals surface area contributed by atoms with Crippen LogP contribution in [0.2, 0.25) is 0 Å². The smallest absolute Gasteiger partial charge is 0.00736 e. The number of rotatable bonds is 3. The molecule has 2 N–H and O–H groups in total. The monoisotopic (exact) mass is 124 g/mol. The van der Waals surface area contributed by atoms with Gasteiger partial charge in [-0.1, -0.05) is 0 Å². The summed E-state index contributed by atoms with van der Waals surface area (Å²) in [6.45, 7) is 2.10. The van der Waals surface area contributed by atoms with E-state index in [1.165, 1.54) is 0 Å². The molecule has 0 amide bonds. The topological polar surface area (TPSA) is 24.1 Å². The maximum Gasteiger partial charge on any atom is 0.00736 e. The van der Waals surface area contributed by atoms with E-state index in [2.05, 4.69) is 10.6 Å². The van der Waals surface area contributed by atoms with Crippen LogP contribution in [0.5, 0.6) is 0 Å². The van der Waals surface area contributed by atoms with Gasteiger partial charge in [0.15, 0.2) is 0 Å². The lowest BCUT2D eigenvalue weighted by Gasteiger charge is -1.92. The normalized spacial score (nSPS) is 7.71. The van der Waals surface area contributed by atoms with Crippen molar-refractivity contribution in [3.05, 3.63) is 0 Å². The zero-order valence-electron chi connectivity index (χ0n) is 4.91. The number of likely N-dealkylation sites (N-methyl/N-ethyl adjacent to an activating group) is 2. The van der Waals surface area contributed by atoms with Crippen molar-refractivity contribution in [3.8, 4) is 0 Å². The fourth-order valence-corrected chi connectivity index (χ4v) is 0.250. The first-order chi connectivity index (χ1) is 2.91. The Labute approximate surface area is 53.6 Å². The van der Waals surface area contributed by atoms with Gasteiger partial charge in [0.05, 0.1) is 0 Å². The van der Waals surface area contributed by atoms with Crippen LogP contribution in [0.4, 0.5) is 0 Å². The summed E-state index contributed by atoms with van der Waals surface area (Å²) in [6, 6.07) is 0. The molecular weight excluding hydrogens is 108 g/mol. The molecule has 0 aromatic carbocycles. The molecule has 0 aliphatic carbocycles. The van der Waals surface area contributed by atoms with E-state index in [0.29, 0.717) is 0 Å². The number of hydrogen-bond acceptors (Lipinski definition) is 2. The van der Waals surface area contributed by atoms with E-state index in [-0.39, 0.29) is 14.9 Å². The molecule has 0 saturated carbocycles. The summed E-state index contributed by atoms with van der Waals surface area (Å²) in [7, 11) is 3.88. The summed E-state index contributed by atoms with van der Waals surface area (Å²) in [4.78, 5) is 0. The third-order valence-corrected chi connectivity index (χ3v) is 0.625. The van der Waals surface area contributed by atoms with Gasteiger partial charge >= 0.3 is 0 Å². The zero-order valence-corrected chi connectivity index (χ0v) is 5.91. The molecule has 0 heterocycles. The second-order valence-corrected chi connectivity index (χ2v) is 1.21. The van der Waals surface area contributed by atoms with Crippen molar-refractivity contribution >= 4 is 13.5 Å². The Morgan fingerprint density at radius 3 is 1.57 bits per heavy atom. The second-order valence-electron chi connectivity index (χ2n) is 1.21. The molecule has 48 valence electrons. The SMILES string of the molecule is CNCCNC.S.[HH]. The van der Waals surface area contributed by atoms with Gasteiger partial charge in [-0.3, -0.25) is 0 Å². The third kappa shape index (κ3) is 10.7. The zero-order chi connectivity index (χ0) is 4.83. The van der Waals surface area contributed by atoms with Crippen molar-refractivity contribution in [2.24, 2.45) is 0 Å². The van der Waals surface area contributed by atoms with E-state index in [1.54, 1.807) is 0 Å². The second kappa shape index (κ2) is 9.55. The summed E-state index contributed by atoms with van der Waals surface area (Å²) in [5, 5.41) is 6.01. The summed E-state index contributed by atoms with van der Waals surface area (Å²) >= 11 is 0. The minimum atomic E-state index is 0. The molecule has 0 unspecified atom stereocenters. The molecular formula is C4H16N2S. The average molecular weight is 124 g/mol. The minimum Gasteiger partial charge on any atom is -0.318 e. The van der Waals surface area contributed by atoms with E-state index in [9.17, 15) is 0 Å². The first-order valence-electron chi connectivity index (χ1n) is 2.21. The van der Waals surface area contributed by atoms with Gasteiger partial charge in [-0.05, 0) is 14.1 Å². The Morgan fingerprint density at radius 1 is 1.14 bits per heavy atom. The summed E-state index contributed by atoms with van der Waals surface area (Å²) in [6.07, 6.45) is 0. The van der Waals surface area contributed by atoms with Crippen LogP contribution in [-0.2, 0) is 0 Å². The van der Waals surface area contributed by atoms with Crippen LogP contribution < -0.4 is 10.6 Å². The fraction of sp³-hybridized carbons (Fsp3) is 1.00. The van der Waals surface area contributed by atoms with Crippen LogP contribution in [0, 0.1) is 0 Å². The molecule has 0 atom stereocenters. The van der Waals surface area contributed by atoms with Crippen molar-refractivity contribution in [2.45, 2.75) is 0 Å². The molecule has 0 spiro atoms. The first kappa shape index (κ1) is 10.3. The van der Waals surface area contributed by atoms with E-state index in [0.717, 1.165) is 13.1 Å². The average Bonchev–Trinajstić information content (AvgIpc) is 1.61. The summed E-state index contributed by atoms with van der Waals surface area (Å²) in [5.74, 6) is 0. The molecule has 0 aliphatic rings. The van der Waals surface area contributed by atoms with Crippen LogP contribution >= 0.6 is 13.5 Å². The predicted octanol–water partition coefficient (Wildman–Crippen LogP) is -0.216. The fourth-order valence-electron chi connectivity index (χ4n) is 0.250. The Kier molecular flexibility index (Phi) is 14.0. The van der Waals surface area contributed by atoms with Crippen molar-refractivity contribution < 1.29 is 1.43 Å². The van der Waals surface area contributed by atoms with E-state index in [4.69, 9.17) is 0 Å². The first-order valence-corrected chi connectivity index (χ1v) is 2.21.